The SMILES string of the molecule is CCN1CCN(C(=NO)c2ccc(C#C[C@]3(CN4CCc5cc(OC)ccc5C4=O)NC(=O)NC3=O)cc2)CC1.COc1ccc2c(c1)C(=O)N(C[C@@]1(C#Cc3ccc4c(c3)CCC43NC(=O)CC3=O)NC(=O)NC1=O)C2.COc1ccc2c(c1)C(=O)N(C[C@@]1(C#Cc3ccc4c(c3)CC[C@]43NC(=O)CC3=O)NC(=O)NC1=O)C2. The summed E-state index contributed by atoms with van der Waals surface area (Å²) in [6.45, 7) is 6.98. The molecule has 9 heterocycles. The highest BCUT2D eigenvalue weighted by molar-refractivity contribution is 6.14. The molecule has 6 aromatic rings. The number of Topliss-reactive ketones (excluding diaryl/α,β-unsaturated/α-hetero) is 2. The zero-order valence-electron chi connectivity index (χ0n) is 62.4. The number of aryl methyl sites for hydroxylation is 2. The minimum Gasteiger partial charge on any atom is -0.497 e. The number of rotatable bonds is 11. The van der Waals surface area contributed by atoms with Crippen molar-refractivity contribution in [2.24, 2.45) is 5.16 Å². The maximum Gasteiger partial charge on any atom is 0.323 e. The van der Waals surface area contributed by atoms with Gasteiger partial charge in [0, 0.05) is 84.8 Å². The largest absolute Gasteiger partial charge is 0.497 e. The molecular formula is C83H76N14O17. The second-order valence-corrected chi connectivity index (χ2v) is 29.3. The minimum absolute atomic E-state index is 0.0922. The van der Waals surface area contributed by atoms with Crippen LogP contribution in [0.15, 0.2) is 120 Å². The Balaban J connectivity index is 0.000000135. The number of ketones is 2. The Bertz CT molecular complexity index is 5240. The first-order valence-electron chi connectivity index (χ1n) is 37.0. The number of ether oxygens (including phenoxy) is 3. The van der Waals surface area contributed by atoms with Gasteiger partial charge in [-0.2, -0.15) is 0 Å². The molecule has 31 heteroatoms. The van der Waals surface area contributed by atoms with E-state index in [1.807, 2.05) is 35.2 Å². The van der Waals surface area contributed by atoms with E-state index in [2.05, 4.69) is 95.0 Å². The maximum atomic E-state index is 13.3. The van der Waals surface area contributed by atoms with Crippen LogP contribution in [0.2, 0.25) is 0 Å². The summed E-state index contributed by atoms with van der Waals surface area (Å²) in [5.41, 5.74) is 3.02. The molecule has 0 radical (unpaired) electrons. The van der Waals surface area contributed by atoms with E-state index in [0.29, 0.717) is 95.1 Å². The summed E-state index contributed by atoms with van der Waals surface area (Å²) in [5.74, 6) is 16.5. The van der Waals surface area contributed by atoms with Crippen molar-refractivity contribution in [3.8, 4) is 52.8 Å². The molecule has 9 aliphatic heterocycles. The molecule has 580 valence electrons. The number of piperazine rings is 1. The molecule has 11 aliphatic rings. The number of carbonyl (C=O) groups is 13. The van der Waals surface area contributed by atoms with E-state index < -0.39 is 63.5 Å². The number of methoxy groups -OCH3 is 3. The third-order valence-corrected chi connectivity index (χ3v) is 22.6. The van der Waals surface area contributed by atoms with Crippen molar-refractivity contribution < 1.29 is 81.7 Å². The van der Waals surface area contributed by atoms with E-state index >= 15 is 0 Å². The monoisotopic (exact) mass is 1540 g/mol. The molecule has 9 N–H and O–H groups in total. The van der Waals surface area contributed by atoms with E-state index in [1.165, 1.54) is 24.0 Å². The van der Waals surface area contributed by atoms with Gasteiger partial charge in [0.25, 0.3) is 35.4 Å². The Kier molecular flexibility index (Phi) is 19.7. The first-order valence-corrected chi connectivity index (χ1v) is 37.0. The number of imide groups is 3. The number of likely N-dealkylation sites (N-methyl/N-ethyl adjacent to an activating group) is 1. The lowest BCUT2D eigenvalue weighted by Gasteiger charge is -2.35. The fraction of sp³-hybridized carbons (Fsp3) is 0.325. The van der Waals surface area contributed by atoms with Gasteiger partial charge in [0.05, 0.1) is 53.8 Å². The average Bonchev–Trinajstić information content (AvgIpc) is 1.58. The number of urea groups is 3. The molecule has 6 saturated heterocycles. The van der Waals surface area contributed by atoms with Crippen LogP contribution in [0.5, 0.6) is 17.2 Å². The van der Waals surface area contributed by atoms with Crippen LogP contribution in [-0.2, 0) is 77.0 Å². The molecule has 14 amide bonds. The van der Waals surface area contributed by atoms with Gasteiger partial charge in [-0.3, -0.25) is 63.9 Å². The summed E-state index contributed by atoms with van der Waals surface area (Å²) >= 11 is 0. The molecule has 0 aromatic heterocycles. The Morgan fingerprint density at radius 1 is 0.439 bits per heavy atom. The van der Waals surface area contributed by atoms with Crippen molar-refractivity contribution >= 4 is 82.8 Å². The van der Waals surface area contributed by atoms with E-state index in [1.54, 1.807) is 96.9 Å². The van der Waals surface area contributed by atoms with Crippen LogP contribution >= 0.6 is 0 Å². The van der Waals surface area contributed by atoms with Gasteiger partial charge in [-0.05, 0) is 169 Å². The Morgan fingerprint density at radius 3 is 1.27 bits per heavy atom. The van der Waals surface area contributed by atoms with Crippen LogP contribution in [0, 0.1) is 35.5 Å². The predicted molar refractivity (Wildman–Crippen MR) is 404 cm³/mol. The van der Waals surface area contributed by atoms with E-state index in [4.69, 9.17) is 14.2 Å². The van der Waals surface area contributed by atoms with Gasteiger partial charge < -0.3 is 70.5 Å². The Hall–Kier alpha value is -13.9. The lowest BCUT2D eigenvalue weighted by molar-refractivity contribution is -0.124. The minimum atomic E-state index is -1.63. The molecule has 0 saturated carbocycles. The third kappa shape index (κ3) is 13.9. The number of carbonyl (C=O) groups excluding carboxylic acids is 13. The molecule has 6 aromatic carbocycles. The first kappa shape index (κ1) is 75.5. The number of hydrogen-bond donors (Lipinski definition) is 9. The number of fused-ring (bicyclic) bond motifs is 7. The summed E-state index contributed by atoms with van der Waals surface area (Å²) in [6, 6.07) is 31.5. The smallest absolute Gasteiger partial charge is 0.323 e. The normalized spacial score (nSPS) is 24.0. The number of nitrogens with zero attached hydrogens (tertiary/aromatic N) is 6. The summed E-state index contributed by atoms with van der Waals surface area (Å²) in [6.07, 6.45) is 2.53. The maximum absolute atomic E-state index is 13.3. The van der Waals surface area contributed by atoms with Crippen LogP contribution in [0.3, 0.4) is 0 Å². The Labute approximate surface area is 652 Å². The number of amides is 14. The fourth-order valence-electron chi connectivity index (χ4n) is 16.5. The lowest BCUT2D eigenvalue weighted by atomic mass is 9.88. The summed E-state index contributed by atoms with van der Waals surface area (Å²) in [4.78, 5) is 172. The second-order valence-electron chi connectivity index (χ2n) is 29.3. The van der Waals surface area contributed by atoms with E-state index in [-0.39, 0.29) is 86.7 Å². The molecule has 31 nitrogen and oxygen atoms in total. The van der Waals surface area contributed by atoms with Crippen molar-refractivity contribution in [2.45, 2.75) is 92.7 Å². The van der Waals surface area contributed by atoms with Gasteiger partial charge in [0.1, 0.15) is 28.3 Å². The molecule has 2 aliphatic carbocycles. The fourth-order valence-corrected chi connectivity index (χ4v) is 16.5. The van der Waals surface area contributed by atoms with Gasteiger partial charge in [-0.15, -0.1) is 0 Å². The van der Waals surface area contributed by atoms with Crippen LogP contribution in [0.1, 0.15) is 125 Å². The molecule has 2 spiro atoms. The van der Waals surface area contributed by atoms with Crippen molar-refractivity contribution in [2.75, 3.05) is 80.2 Å². The molecular weight excluding hydrogens is 1460 g/mol. The van der Waals surface area contributed by atoms with Gasteiger partial charge in [0.2, 0.25) is 28.4 Å². The van der Waals surface area contributed by atoms with Crippen molar-refractivity contribution in [3.63, 3.8) is 0 Å². The molecule has 17 rings (SSSR count). The molecule has 114 heavy (non-hydrogen) atoms. The number of hydrogen-bond acceptors (Lipinski definition) is 19. The average molecular weight is 1540 g/mol. The molecule has 6 fully saturated rings. The highest BCUT2D eigenvalue weighted by Gasteiger charge is 2.55. The number of benzene rings is 6. The highest BCUT2D eigenvalue weighted by Crippen LogP contribution is 2.43. The molecule has 5 atom stereocenters. The third-order valence-electron chi connectivity index (χ3n) is 22.6. The van der Waals surface area contributed by atoms with Crippen molar-refractivity contribution in [1.29, 1.82) is 0 Å². The summed E-state index contributed by atoms with van der Waals surface area (Å²) in [7, 11) is 4.61. The highest BCUT2D eigenvalue weighted by atomic mass is 16.5. The van der Waals surface area contributed by atoms with Gasteiger partial charge >= 0.3 is 18.1 Å². The van der Waals surface area contributed by atoms with Crippen LogP contribution in [-0.4, -0.2) is 209 Å². The standard InChI is InChI=1S/C29H32N6O5.2C27H22N4O6/c1-3-33-14-16-34(17-15-33)25(32-39)21-6-4-20(5-7-21)10-12-29(27(37)30-28(38)31-29)19-35-13-11-22-18-23(40-2)8-9-24(22)26(35)36;2*1-37-18-4-3-17-13-31(23(34)19(17)11-18)14-26(24(35)28-25(36)30-26)8-6-15-2-5-20-16(10-15)7-9-27(20)21(32)12-22(33)29-27/h4-9,18,39H,3,11,13-17,19H2,1-2H3,(H2,30,31,37,38);2*2-5,10-11H,7,9,12-14H2,1H3,(H,29,33)(H2,28,30,35,36)/t29-;26-,27?;26-,27+/m111/s1. The zero-order chi connectivity index (χ0) is 80.2. The lowest BCUT2D eigenvalue weighted by Crippen LogP contribution is -2.56. The number of amidine groups is 1. The van der Waals surface area contributed by atoms with Crippen LogP contribution < -0.4 is 56.7 Å². The molecule has 1 unspecified atom stereocenters. The van der Waals surface area contributed by atoms with Crippen LogP contribution in [0.4, 0.5) is 14.4 Å². The predicted octanol–water partition coefficient (Wildman–Crippen LogP) is 2.12. The van der Waals surface area contributed by atoms with E-state index in [9.17, 15) is 67.5 Å². The van der Waals surface area contributed by atoms with Crippen molar-refractivity contribution in [3.05, 3.63) is 193 Å². The van der Waals surface area contributed by atoms with Gasteiger partial charge in [-0.1, -0.05) is 71.9 Å². The quantitative estimate of drug-likeness (QED) is 0.0171. The van der Waals surface area contributed by atoms with Gasteiger partial charge in [0.15, 0.2) is 17.4 Å². The molecule has 0 bridgehead atoms. The Morgan fingerprint density at radius 2 is 0.860 bits per heavy atom. The topological polar surface area (TPSA) is 395 Å². The van der Waals surface area contributed by atoms with E-state index in [0.717, 1.165) is 77.2 Å². The van der Waals surface area contributed by atoms with Crippen LogP contribution in [0.25, 0.3) is 0 Å². The zero-order valence-corrected chi connectivity index (χ0v) is 62.4. The summed E-state index contributed by atoms with van der Waals surface area (Å²) in [5, 5.41) is 33.5. The second kappa shape index (κ2) is 29.8. The first-order chi connectivity index (χ1) is 54.8. The van der Waals surface area contributed by atoms with Gasteiger partial charge in [-0.25, -0.2) is 14.4 Å². The number of nitrogens with one attached hydrogen (secondary N) is 8. The van der Waals surface area contributed by atoms with Crippen molar-refractivity contribution in [1.82, 2.24) is 67.0 Å². The summed E-state index contributed by atoms with van der Waals surface area (Å²) < 4.78 is 15.7. The number of oxime groups is 1.